The largest absolute Gasteiger partial charge is 0.368 e. The third-order valence-electron chi connectivity index (χ3n) is 5.75. The number of hydrogen-bond donors (Lipinski definition) is 3. The molecule has 132 valence electrons. The van der Waals surface area contributed by atoms with Gasteiger partial charge in [0.05, 0.1) is 10.4 Å². The molecule has 25 heavy (non-hydrogen) atoms. The Balaban J connectivity index is 1.38. The normalized spacial score (nSPS) is 28.6. The van der Waals surface area contributed by atoms with Crippen LogP contribution in [0.4, 0.5) is 5.69 Å². The van der Waals surface area contributed by atoms with E-state index in [9.17, 15) is 4.79 Å². The van der Waals surface area contributed by atoms with Crippen molar-refractivity contribution in [2.45, 2.75) is 37.4 Å². The summed E-state index contributed by atoms with van der Waals surface area (Å²) in [6.07, 6.45) is 5.30. The lowest BCUT2D eigenvalue weighted by molar-refractivity contribution is 0.0926. The molecule has 0 saturated carbocycles. The molecule has 0 aromatic carbocycles. The average Bonchev–Trinajstić information content (AvgIpc) is 3.37. The highest BCUT2D eigenvalue weighted by Crippen LogP contribution is 2.33. The molecule has 3 aliphatic rings. The second kappa shape index (κ2) is 6.23. The van der Waals surface area contributed by atoms with Gasteiger partial charge in [0, 0.05) is 61.3 Å². The number of anilines is 1. The minimum absolute atomic E-state index is 0.0429. The van der Waals surface area contributed by atoms with Crippen LogP contribution >= 0.6 is 11.3 Å². The lowest BCUT2D eigenvalue weighted by atomic mass is 9.95. The van der Waals surface area contributed by atoms with Crippen LogP contribution < -0.4 is 20.9 Å². The summed E-state index contributed by atoms with van der Waals surface area (Å²) >= 11 is 1.70. The molecule has 3 N–H and O–H groups in total. The van der Waals surface area contributed by atoms with E-state index in [1.165, 1.54) is 18.5 Å². The summed E-state index contributed by atoms with van der Waals surface area (Å²) in [6, 6.07) is 3.25. The molecular formula is C18H23N5OS. The van der Waals surface area contributed by atoms with Crippen molar-refractivity contribution >= 4 is 33.0 Å². The first-order valence-corrected chi connectivity index (χ1v) is 10.1. The number of pyridine rings is 1. The molecule has 1 amide bonds. The molecule has 3 fully saturated rings. The minimum Gasteiger partial charge on any atom is -0.368 e. The molecule has 5 rings (SSSR count). The Labute approximate surface area is 151 Å². The van der Waals surface area contributed by atoms with Crippen LogP contribution in [0.2, 0.25) is 0 Å². The van der Waals surface area contributed by atoms with Crippen LogP contribution in [0.3, 0.4) is 0 Å². The summed E-state index contributed by atoms with van der Waals surface area (Å²) < 4.78 is 1.15. The Morgan fingerprint density at radius 1 is 1.32 bits per heavy atom. The van der Waals surface area contributed by atoms with Crippen LogP contribution in [0.1, 0.15) is 29.8 Å². The van der Waals surface area contributed by atoms with Gasteiger partial charge in [0.2, 0.25) is 0 Å². The Kier molecular flexibility index (Phi) is 3.87. The average molecular weight is 357 g/mol. The zero-order valence-corrected chi connectivity index (χ0v) is 14.9. The van der Waals surface area contributed by atoms with Gasteiger partial charge >= 0.3 is 0 Å². The Hall–Kier alpha value is -1.70. The van der Waals surface area contributed by atoms with Crippen LogP contribution in [0.15, 0.2) is 17.6 Å². The molecule has 3 atom stereocenters. The Bertz CT molecular complexity index is 800. The monoisotopic (exact) mass is 357 g/mol. The van der Waals surface area contributed by atoms with Gasteiger partial charge in [-0.15, -0.1) is 11.3 Å². The molecule has 6 nitrogen and oxygen atoms in total. The summed E-state index contributed by atoms with van der Waals surface area (Å²) in [5.74, 6) is -0.0429. The third kappa shape index (κ3) is 2.80. The SMILES string of the molecule is O=C(N[C@@H]1C[C@H]2CC[C@@H]1N2)c1cc2c(N3CCNCC3)csc2cn1. The lowest BCUT2D eigenvalue weighted by Crippen LogP contribution is -2.43. The second-order valence-corrected chi connectivity index (χ2v) is 8.20. The summed E-state index contributed by atoms with van der Waals surface area (Å²) in [5.41, 5.74) is 1.77. The molecule has 0 unspecified atom stereocenters. The number of piperazine rings is 1. The zero-order chi connectivity index (χ0) is 16.8. The molecule has 3 saturated heterocycles. The summed E-state index contributed by atoms with van der Waals surface area (Å²) in [5, 5.41) is 13.5. The summed E-state index contributed by atoms with van der Waals surface area (Å²) in [6.45, 7) is 4.03. The van der Waals surface area contributed by atoms with E-state index >= 15 is 0 Å². The van der Waals surface area contributed by atoms with Gasteiger partial charge in [-0.3, -0.25) is 4.79 Å². The van der Waals surface area contributed by atoms with E-state index < -0.39 is 0 Å². The van der Waals surface area contributed by atoms with Crippen LogP contribution in [0, 0.1) is 0 Å². The maximum Gasteiger partial charge on any atom is 0.270 e. The molecule has 0 radical (unpaired) electrons. The van der Waals surface area contributed by atoms with E-state index in [1.807, 2.05) is 12.3 Å². The lowest BCUT2D eigenvalue weighted by Gasteiger charge is -2.29. The fraction of sp³-hybridized carbons (Fsp3) is 0.556. The first-order valence-electron chi connectivity index (χ1n) is 9.18. The second-order valence-electron chi connectivity index (χ2n) is 7.29. The number of fused-ring (bicyclic) bond motifs is 3. The minimum atomic E-state index is -0.0429. The predicted molar refractivity (Wildman–Crippen MR) is 101 cm³/mol. The van der Waals surface area contributed by atoms with Gasteiger partial charge < -0.3 is 20.9 Å². The van der Waals surface area contributed by atoms with E-state index in [1.54, 1.807) is 11.3 Å². The summed E-state index contributed by atoms with van der Waals surface area (Å²) in [7, 11) is 0. The fourth-order valence-electron chi connectivity index (χ4n) is 4.42. The van der Waals surface area contributed by atoms with Crippen LogP contribution in [0.5, 0.6) is 0 Å². The van der Waals surface area contributed by atoms with E-state index in [2.05, 4.69) is 31.2 Å². The molecule has 0 aliphatic carbocycles. The Morgan fingerprint density at radius 2 is 2.20 bits per heavy atom. The van der Waals surface area contributed by atoms with Gasteiger partial charge in [-0.25, -0.2) is 4.98 Å². The molecule has 7 heteroatoms. The number of rotatable bonds is 3. The zero-order valence-electron chi connectivity index (χ0n) is 14.1. The quantitative estimate of drug-likeness (QED) is 0.773. The number of nitrogens with zero attached hydrogens (tertiary/aromatic N) is 2. The van der Waals surface area contributed by atoms with Crippen molar-refractivity contribution in [1.29, 1.82) is 0 Å². The van der Waals surface area contributed by atoms with E-state index in [0.29, 0.717) is 17.8 Å². The van der Waals surface area contributed by atoms with Crippen molar-refractivity contribution < 1.29 is 4.79 Å². The topological polar surface area (TPSA) is 69.3 Å². The van der Waals surface area contributed by atoms with E-state index in [-0.39, 0.29) is 11.9 Å². The highest BCUT2D eigenvalue weighted by Gasteiger charge is 2.39. The molecular weight excluding hydrogens is 334 g/mol. The van der Waals surface area contributed by atoms with E-state index in [4.69, 9.17) is 0 Å². The molecule has 0 spiro atoms. The third-order valence-corrected chi connectivity index (χ3v) is 6.67. The first kappa shape index (κ1) is 15.5. The maximum atomic E-state index is 12.7. The smallest absolute Gasteiger partial charge is 0.270 e. The highest BCUT2D eigenvalue weighted by molar-refractivity contribution is 7.17. The number of aromatic nitrogens is 1. The van der Waals surface area contributed by atoms with Crippen LogP contribution in [-0.4, -0.2) is 55.2 Å². The standard InChI is InChI=1S/C18H23N5OS/c24-18(22-14-7-11-1-2-13(14)21-11)15-8-12-16(10-25-17(12)9-20-15)23-5-3-19-4-6-23/h8-11,13-14,19,21H,1-7H2,(H,22,24)/t11-,13+,14-/m1/s1. The van der Waals surface area contributed by atoms with Gasteiger partial charge in [0.1, 0.15) is 5.69 Å². The number of nitrogens with one attached hydrogen (secondary N) is 3. The van der Waals surface area contributed by atoms with Crippen molar-refractivity contribution in [2.24, 2.45) is 0 Å². The summed E-state index contributed by atoms with van der Waals surface area (Å²) in [4.78, 5) is 19.5. The number of hydrogen-bond acceptors (Lipinski definition) is 6. The van der Waals surface area contributed by atoms with Gasteiger partial charge in [0.25, 0.3) is 5.91 Å². The number of thiophene rings is 1. The van der Waals surface area contributed by atoms with Gasteiger partial charge in [-0.2, -0.15) is 0 Å². The van der Waals surface area contributed by atoms with Crippen molar-refractivity contribution in [3.05, 3.63) is 23.3 Å². The Morgan fingerprint density at radius 3 is 2.96 bits per heavy atom. The number of carbonyl (C=O) groups excluding carboxylic acids is 1. The van der Waals surface area contributed by atoms with Crippen LogP contribution in [0.25, 0.3) is 10.1 Å². The maximum absolute atomic E-state index is 12.7. The molecule has 2 aromatic heterocycles. The molecule has 2 bridgehead atoms. The van der Waals surface area contributed by atoms with Gasteiger partial charge in [-0.05, 0) is 25.3 Å². The van der Waals surface area contributed by atoms with E-state index in [0.717, 1.165) is 42.7 Å². The molecule has 5 heterocycles. The van der Waals surface area contributed by atoms with Crippen molar-refractivity contribution in [3.63, 3.8) is 0 Å². The molecule has 3 aliphatic heterocycles. The fourth-order valence-corrected chi connectivity index (χ4v) is 5.34. The predicted octanol–water partition coefficient (Wildman–Crippen LogP) is 1.33. The highest BCUT2D eigenvalue weighted by atomic mass is 32.1. The first-order chi connectivity index (χ1) is 12.3. The van der Waals surface area contributed by atoms with Crippen LogP contribution in [-0.2, 0) is 0 Å². The van der Waals surface area contributed by atoms with Gasteiger partial charge in [-0.1, -0.05) is 0 Å². The number of amides is 1. The van der Waals surface area contributed by atoms with Crippen molar-refractivity contribution in [2.75, 3.05) is 31.1 Å². The van der Waals surface area contributed by atoms with Crippen molar-refractivity contribution in [3.8, 4) is 0 Å². The van der Waals surface area contributed by atoms with Crippen molar-refractivity contribution in [1.82, 2.24) is 20.9 Å². The molecule has 2 aromatic rings. The van der Waals surface area contributed by atoms with Gasteiger partial charge in [0.15, 0.2) is 0 Å². The number of carbonyl (C=O) groups is 1.